The lowest BCUT2D eigenvalue weighted by Gasteiger charge is -2.32. The van der Waals surface area contributed by atoms with E-state index < -0.39 is 0 Å². The molecule has 1 unspecified atom stereocenters. The summed E-state index contributed by atoms with van der Waals surface area (Å²) in [6, 6.07) is 7.71. The topological polar surface area (TPSA) is 68.5 Å². The molecule has 1 atom stereocenters. The maximum atomic E-state index is 12.8. The van der Waals surface area contributed by atoms with Crippen molar-refractivity contribution in [3.05, 3.63) is 41.5 Å². The Labute approximate surface area is 153 Å². The van der Waals surface area contributed by atoms with Crippen LogP contribution in [0.4, 0.5) is 0 Å². The summed E-state index contributed by atoms with van der Waals surface area (Å²) in [7, 11) is 1.64. The number of hydrogen-bond acceptors (Lipinski definition) is 5. The van der Waals surface area contributed by atoms with Crippen LogP contribution in [0, 0.1) is 5.92 Å². The van der Waals surface area contributed by atoms with Gasteiger partial charge in [-0.05, 0) is 37.7 Å². The Morgan fingerprint density at radius 1 is 1.31 bits per heavy atom. The molecule has 1 aliphatic carbocycles. The average Bonchev–Trinajstić information content (AvgIpc) is 3.42. The predicted molar refractivity (Wildman–Crippen MR) is 96.0 cm³/mol. The number of methoxy groups -OCH3 is 1. The molecule has 0 spiro atoms. The van der Waals surface area contributed by atoms with Gasteiger partial charge in [0.25, 0.3) is 0 Å². The predicted octanol–water partition coefficient (Wildman–Crippen LogP) is 2.98. The first-order valence-corrected chi connectivity index (χ1v) is 9.45. The van der Waals surface area contributed by atoms with Crippen molar-refractivity contribution in [1.82, 2.24) is 15.0 Å². The van der Waals surface area contributed by atoms with Crippen LogP contribution in [0.1, 0.15) is 48.9 Å². The highest BCUT2D eigenvalue weighted by molar-refractivity contribution is 5.79. The van der Waals surface area contributed by atoms with Gasteiger partial charge in [-0.3, -0.25) is 4.79 Å². The molecule has 0 radical (unpaired) electrons. The Balaban J connectivity index is 1.35. The number of carbonyl (C=O) groups is 1. The maximum Gasteiger partial charge on any atom is 0.227 e. The van der Waals surface area contributed by atoms with Gasteiger partial charge >= 0.3 is 0 Å². The van der Waals surface area contributed by atoms with E-state index in [1.807, 2.05) is 29.2 Å². The second-order valence-corrected chi connectivity index (χ2v) is 7.36. The summed E-state index contributed by atoms with van der Waals surface area (Å²) in [6.07, 6.45) is 5.61. The highest BCUT2D eigenvalue weighted by Crippen LogP contribution is 2.38. The van der Waals surface area contributed by atoms with Crippen molar-refractivity contribution in [2.45, 2.75) is 44.4 Å². The van der Waals surface area contributed by atoms with Gasteiger partial charge in [-0.25, -0.2) is 0 Å². The molecule has 1 saturated carbocycles. The van der Waals surface area contributed by atoms with E-state index in [9.17, 15) is 4.79 Å². The van der Waals surface area contributed by atoms with Crippen molar-refractivity contribution >= 4 is 5.91 Å². The Bertz CT molecular complexity index is 769. The molecule has 2 aromatic rings. The lowest BCUT2D eigenvalue weighted by Crippen LogP contribution is -2.41. The van der Waals surface area contributed by atoms with Crippen molar-refractivity contribution in [2.75, 3.05) is 20.2 Å². The molecule has 1 aliphatic heterocycles. The van der Waals surface area contributed by atoms with Crippen molar-refractivity contribution < 1.29 is 14.1 Å². The van der Waals surface area contributed by atoms with Gasteiger partial charge in [0.2, 0.25) is 11.8 Å². The molecule has 1 saturated heterocycles. The second-order valence-electron chi connectivity index (χ2n) is 7.36. The molecule has 138 valence electrons. The van der Waals surface area contributed by atoms with Crippen LogP contribution in [0.3, 0.4) is 0 Å². The van der Waals surface area contributed by atoms with Gasteiger partial charge in [-0.1, -0.05) is 23.4 Å². The molecular formula is C20H25N3O3. The molecule has 26 heavy (non-hydrogen) atoms. The van der Waals surface area contributed by atoms with Crippen LogP contribution < -0.4 is 4.74 Å². The lowest BCUT2D eigenvalue weighted by atomic mass is 9.94. The zero-order valence-corrected chi connectivity index (χ0v) is 15.2. The first-order valence-electron chi connectivity index (χ1n) is 9.45. The van der Waals surface area contributed by atoms with Gasteiger partial charge in [0.05, 0.1) is 13.5 Å². The van der Waals surface area contributed by atoms with Crippen molar-refractivity contribution in [2.24, 2.45) is 5.92 Å². The van der Waals surface area contributed by atoms with E-state index in [1.54, 1.807) is 7.11 Å². The molecule has 1 amide bonds. The van der Waals surface area contributed by atoms with Gasteiger partial charge in [-0.2, -0.15) is 4.98 Å². The van der Waals surface area contributed by atoms with Crippen LogP contribution in [0.25, 0.3) is 0 Å². The highest BCUT2D eigenvalue weighted by atomic mass is 16.5. The van der Waals surface area contributed by atoms with Crippen LogP contribution in [-0.2, 0) is 17.6 Å². The third-order valence-electron chi connectivity index (χ3n) is 5.30. The molecule has 6 nitrogen and oxygen atoms in total. The van der Waals surface area contributed by atoms with E-state index in [1.165, 1.54) is 12.8 Å². The number of nitrogens with zero attached hydrogens (tertiary/aromatic N) is 3. The largest absolute Gasteiger partial charge is 0.496 e. The molecule has 1 aromatic carbocycles. The number of likely N-dealkylation sites (tertiary alicyclic amines) is 1. The molecule has 2 heterocycles. The minimum absolute atomic E-state index is 0.156. The summed E-state index contributed by atoms with van der Waals surface area (Å²) in [5.74, 6) is 3.41. The van der Waals surface area contributed by atoms with Crippen molar-refractivity contribution in [3.8, 4) is 5.75 Å². The number of rotatable bonds is 6. The van der Waals surface area contributed by atoms with Gasteiger partial charge in [0.1, 0.15) is 5.75 Å². The first kappa shape index (κ1) is 17.1. The monoisotopic (exact) mass is 355 g/mol. The van der Waals surface area contributed by atoms with Crippen LogP contribution in [0.5, 0.6) is 5.75 Å². The average molecular weight is 355 g/mol. The Hall–Kier alpha value is -2.37. The Morgan fingerprint density at radius 3 is 2.96 bits per heavy atom. The number of ether oxygens (including phenoxy) is 1. The molecule has 6 heteroatoms. The zero-order chi connectivity index (χ0) is 17.9. The third kappa shape index (κ3) is 3.89. The fourth-order valence-electron chi connectivity index (χ4n) is 3.69. The number of benzene rings is 1. The smallest absolute Gasteiger partial charge is 0.227 e. The van der Waals surface area contributed by atoms with Crippen LogP contribution >= 0.6 is 0 Å². The van der Waals surface area contributed by atoms with Crippen LogP contribution in [-0.4, -0.2) is 41.1 Å². The van der Waals surface area contributed by atoms with Gasteiger partial charge < -0.3 is 14.2 Å². The van der Waals surface area contributed by atoms with Gasteiger partial charge in [-0.15, -0.1) is 0 Å². The van der Waals surface area contributed by atoms with E-state index in [2.05, 4.69) is 10.1 Å². The van der Waals surface area contributed by atoms with Gasteiger partial charge in [0.15, 0.2) is 5.82 Å². The summed E-state index contributed by atoms with van der Waals surface area (Å²) in [4.78, 5) is 19.3. The SMILES string of the molecule is COc1ccccc1CC(=O)N1CCCC(Cc2nc(C3CC3)no2)C1. The van der Waals surface area contributed by atoms with Crippen molar-refractivity contribution in [1.29, 1.82) is 0 Å². The second kappa shape index (κ2) is 7.48. The fourth-order valence-corrected chi connectivity index (χ4v) is 3.69. The van der Waals surface area contributed by atoms with E-state index in [0.29, 0.717) is 18.3 Å². The minimum atomic E-state index is 0.156. The zero-order valence-electron chi connectivity index (χ0n) is 15.2. The lowest BCUT2D eigenvalue weighted by molar-refractivity contribution is -0.132. The standard InChI is InChI=1S/C20H25N3O3/c1-25-17-7-3-2-6-16(17)12-19(24)23-10-4-5-14(13-23)11-18-21-20(22-26-18)15-8-9-15/h2-3,6-7,14-15H,4-5,8-13H2,1H3. The Kier molecular flexibility index (Phi) is 4.91. The number of amides is 1. The number of piperidine rings is 1. The van der Waals surface area contributed by atoms with Gasteiger partial charge in [0, 0.05) is 31.0 Å². The molecule has 2 aliphatic rings. The van der Waals surface area contributed by atoms with E-state index >= 15 is 0 Å². The normalized spacial score (nSPS) is 20.2. The first-order chi connectivity index (χ1) is 12.7. The molecule has 0 bridgehead atoms. The number of aromatic nitrogens is 2. The molecule has 4 rings (SSSR count). The van der Waals surface area contributed by atoms with Crippen LogP contribution in [0.2, 0.25) is 0 Å². The van der Waals surface area contributed by atoms with E-state index in [-0.39, 0.29) is 5.91 Å². The number of para-hydroxylation sites is 1. The quantitative estimate of drug-likeness (QED) is 0.797. The summed E-state index contributed by atoms with van der Waals surface area (Å²) in [5, 5.41) is 4.09. The molecule has 2 fully saturated rings. The van der Waals surface area contributed by atoms with E-state index in [0.717, 1.165) is 55.4 Å². The fraction of sp³-hybridized carbons (Fsp3) is 0.550. The van der Waals surface area contributed by atoms with Crippen molar-refractivity contribution in [3.63, 3.8) is 0 Å². The molecule has 0 N–H and O–H groups in total. The maximum absolute atomic E-state index is 12.8. The Morgan fingerprint density at radius 2 is 2.15 bits per heavy atom. The number of carbonyl (C=O) groups excluding carboxylic acids is 1. The summed E-state index contributed by atoms with van der Waals surface area (Å²) in [5.41, 5.74) is 0.938. The third-order valence-corrected chi connectivity index (χ3v) is 5.30. The minimum Gasteiger partial charge on any atom is -0.496 e. The molecular weight excluding hydrogens is 330 g/mol. The van der Waals surface area contributed by atoms with Crippen LogP contribution in [0.15, 0.2) is 28.8 Å². The molecule has 1 aromatic heterocycles. The summed E-state index contributed by atoms with van der Waals surface area (Å²) < 4.78 is 10.8. The van der Waals surface area contributed by atoms with E-state index in [4.69, 9.17) is 9.26 Å². The highest BCUT2D eigenvalue weighted by Gasteiger charge is 2.30. The summed E-state index contributed by atoms with van der Waals surface area (Å²) >= 11 is 0. The summed E-state index contributed by atoms with van der Waals surface area (Å²) in [6.45, 7) is 1.58. The number of hydrogen-bond donors (Lipinski definition) is 0.